The van der Waals surface area contributed by atoms with Gasteiger partial charge in [0.2, 0.25) is 0 Å². The van der Waals surface area contributed by atoms with Crippen LogP contribution in [0.3, 0.4) is 0 Å². The summed E-state index contributed by atoms with van der Waals surface area (Å²) in [5, 5.41) is 7.58. The summed E-state index contributed by atoms with van der Waals surface area (Å²) < 4.78 is 4.52. The number of nitrogens with zero attached hydrogens (tertiary/aromatic N) is 3. The number of likely N-dealkylation sites (N-methyl/N-ethyl adjacent to an activating group) is 1. The maximum Gasteiger partial charge on any atom is 0.325 e. The molecule has 0 aromatic carbocycles. The maximum absolute atomic E-state index is 11.0. The minimum Gasteiger partial charge on any atom is -0.468 e. The minimum absolute atomic E-state index is 0.0677. The van der Waals surface area contributed by atoms with E-state index in [1.54, 1.807) is 11.9 Å². The predicted octanol–water partition coefficient (Wildman–Crippen LogP) is 1.39. The summed E-state index contributed by atoms with van der Waals surface area (Å²) in [7, 11) is 2.99. The molecule has 1 rings (SSSR count). The lowest BCUT2D eigenvalue weighted by Crippen LogP contribution is -2.26. The zero-order chi connectivity index (χ0) is 11.4. The molecule has 7 heteroatoms. The second-order valence-electron chi connectivity index (χ2n) is 2.78. The Kier molecular flexibility index (Phi) is 4.11. The zero-order valence-corrected chi connectivity index (χ0v) is 9.71. The number of ether oxygens (including phenoxy) is 1. The van der Waals surface area contributed by atoms with Gasteiger partial charge < -0.3 is 9.64 Å². The molecule has 0 bridgehead atoms. The monoisotopic (exact) mass is 249 g/mol. The first-order valence-corrected chi connectivity index (χ1v) is 4.77. The number of hydrogen-bond acceptors (Lipinski definition) is 5. The smallest absolute Gasteiger partial charge is 0.325 e. The highest BCUT2D eigenvalue weighted by Crippen LogP contribution is 2.23. The standard InChI is InChI=1S/C8H9Cl2N3O2/c1-13(4-7(14)15-2)5-3-6(9)11-12-8(5)10/h3H,4H2,1-2H3. The summed E-state index contributed by atoms with van der Waals surface area (Å²) in [6, 6.07) is 1.53. The first-order chi connectivity index (χ1) is 7.04. The van der Waals surface area contributed by atoms with Crippen molar-refractivity contribution in [1.82, 2.24) is 10.2 Å². The van der Waals surface area contributed by atoms with E-state index in [-0.39, 0.29) is 22.8 Å². The molecule has 0 saturated heterocycles. The van der Waals surface area contributed by atoms with Gasteiger partial charge in [0.05, 0.1) is 12.8 Å². The summed E-state index contributed by atoms with van der Waals surface area (Å²) in [5.41, 5.74) is 0.530. The third-order valence-electron chi connectivity index (χ3n) is 1.71. The van der Waals surface area contributed by atoms with Gasteiger partial charge in [-0.3, -0.25) is 4.79 Å². The van der Waals surface area contributed by atoms with Gasteiger partial charge in [-0.15, -0.1) is 10.2 Å². The highest BCUT2D eigenvalue weighted by Gasteiger charge is 2.12. The van der Waals surface area contributed by atoms with E-state index < -0.39 is 0 Å². The molecule has 0 unspecified atom stereocenters. The molecule has 0 aliphatic rings. The van der Waals surface area contributed by atoms with Crippen LogP contribution in [0.25, 0.3) is 0 Å². The molecule has 82 valence electrons. The van der Waals surface area contributed by atoms with Crippen LogP contribution in [0, 0.1) is 0 Å². The highest BCUT2D eigenvalue weighted by molar-refractivity contribution is 6.33. The first kappa shape index (κ1) is 12.0. The third-order valence-corrected chi connectivity index (χ3v) is 2.16. The fourth-order valence-electron chi connectivity index (χ4n) is 0.955. The van der Waals surface area contributed by atoms with Crippen molar-refractivity contribution in [3.05, 3.63) is 16.4 Å². The average Bonchev–Trinajstić information content (AvgIpc) is 2.21. The SMILES string of the molecule is COC(=O)CN(C)c1cc(Cl)nnc1Cl. The van der Waals surface area contributed by atoms with E-state index in [4.69, 9.17) is 23.2 Å². The van der Waals surface area contributed by atoms with E-state index >= 15 is 0 Å². The Morgan fingerprint density at radius 3 is 2.80 bits per heavy atom. The Labute approximate surface area is 96.9 Å². The number of rotatable bonds is 3. The number of anilines is 1. The molecule has 1 aromatic rings. The second-order valence-corrected chi connectivity index (χ2v) is 3.52. The van der Waals surface area contributed by atoms with Crippen LogP contribution >= 0.6 is 23.2 Å². The topological polar surface area (TPSA) is 55.3 Å². The second kappa shape index (κ2) is 5.14. The van der Waals surface area contributed by atoms with E-state index in [0.29, 0.717) is 5.69 Å². The van der Waals surface area contributed by atoms with Crippen LogP contribution in [-0.4, -0.2) is 36.9 Å². The molecule has 1 heterocycles. The number of methoxy groups -OCH3 is 1. The molecule has 0 fully saturated rings. The molecule has 0 aliphatic heterocycles. The van der Waals surface area contributed by atoms with Gasteiger partial charge in [0.25, 0.3) is 0 Å². The van der Waals surface area contributed by atoms with Crippen LogP contribution < -0.4 is 4.90 Å². The van der Waals surface area contributed by atoms with Gasteiger partial charge in [0.15, 0.2) is 10.3 Å². The summed E-state index contributed by atoms with van der Waals surface area (Å²) in [4.78, 5) is 12.6. The van der Waals surface area contributed by atoms with Crippen LogP contribution in [0.15, 0.2) is 6.07 Å². The highest BCUT2D eigenvalue weighted by atomic mass is 35.5. The number of esters is 1. The fraction of sp³-hybridized carbons (Fsp3) is 0.375. The van der Waals surface area contributed by atoms with Gasteiger partial charge in [-0.1, -0.05) is 23.2 Å². The maximum atomic E-state index is 11.0. The Balaban J connectivity index is 2.85. The fourth-order valence-corrected chi connectivity index (χ4v) is 1.33. The van der Waals surface area contributed by atoms with E-state index in [9.17, 15) is 4.79 Å². The Hall–Kier alpha value is -1.07. The van der Waals surface area contributed by atoms with Crippen molar-refractivity contribution >= 4 is 34.9 Å². The van der Waals surface area contributed by atoms with Gasteiger partial charge in [-0.2, -0.15) is 0 Å². The number of hydrogen-bond donors (Lipinski definition) is 0. The van der Waals surface area contributed by atoms with Gasteiger partial charge in [0.1, 0.15) is 6.54 Å². The lowest BCUT2D eigenvalue weighted by Gasteiger charge is -2.17. The van der Waals surface area contributed by atoms with Crippen molar-refractivity contribution < 1.29 is 9.53 Å². The van der Waals surface area contributed by atoms with Crippen molar-refractivity contribution in [2.75, 3.05) is 25.6 Å². The van der Waals surface area contributed by atoms with Crippen LogP contribution in [0.5, 0.6) is 0 Å². The van der Waals surface area contributed by atoms with Gasteiger partial charge in [-0.05, 0) is 0 Å². The molecular weight excluding hydrogens is 241 g/mol. The lowest BCUT2D eigenvalue weighted by molar-refractivity contribution is -0.138. The molecule has 5 nitrogen and oxygen atoms in total. The summed E-state index contributed by atoms with van der Waals surface area (Å²) in [5.74, 6) is -0.374. The van der Waals surface area contributed by atoms with Crippen LogP contribution in [0.1, 0.15) is 0 Å². The van der Waals surface area contributed by atoms with Crippen molar-refractivity contribution in [1.29, 1.82) is 0 Å². The summed E-state index contributed by atoms with van der Waals surface area (Å²) >= 11 is 11.4. The molecule has 15 heavy (non-hydrogen) atoms. The molecular formula is C8H9Cl2N3O2. The van der Waals surface area contributed by atoms with Crippen LogP contribution in [0.2, 0.25) is 10.3 Å². The number of aromatic nitrogens is 2. The number of halogens is 2. The summed E-state index contributed by atoms with van der Waals surface area (Å²) in [6.45, 7) is 0.0677. The van der Waals surface area contributed by atoms with Crippen LogP contribution in [0.4, 0.5) is 5.69 Å². The molecule has 0 amide bonds. The Morgan fingerprint density at radius 1 is 1.53 bits per heavy atom. The molecule has 0 N–H and O–H groups in total. The Morgan fingerprint density at radius 2 is 2.20 bits per heavy atom. The molecule has 0 aliphatic carbocycles. The van der Waals surface area contributed by atoms with Gasteiger partial charge in [-0.25, -0.2) is 0 Å². The van der Waals surface area contributed by atoms with Gasteiger partial charge >= 0.3 is 5.97 Å². The van der Waals surface area contributed by atoms with E-state index in [0.717, 1.165) is 0 Å². The van der Waals surface area contributed by atoms with Crippen molar-refractivity contribution in [2.24, 2.45) is 0 Å². The van der Waals surface area contributed by atoms with E-state index in [1.807, 2.05) is 0 Å². The quantitative estimate of drug-likeness (QED) is 0.759. The Bertz CT molecular complexity index is 373. The molecule has 0 radical (unpaired) electrons. The summed E-state index contributed by atoms with van der Waals surface area (Å²) in [6.07, 6.45) is 0. The zero-order valence-electron chi connectivity index (χ0n) is 8.20. The molecule has 0 atom stereocenters. The van der Waals surface area contributed by atoms with Crippen molar-refractivity contribution in [3.63, 3.8) is 0 Å². The molecule has 0 spiro atoms. The average molecular weight is 250 g/mol. The van der Waals surface area contributed by atoms with Crippen molar-refractivity contribution in [3.8, 4) is 0 Å². The first-order valence-electron chi connectivity index (χ1n) is 4.01. The molecule has 1 aromatic heterocycles. The number of carbonyl (C=O) groups excluding carboxylic acids is 1. The minimum atomic E-state index is -0.374. The normalized spacial score (nSPS) is 9.87. The predicted molar refractivity (Wildman–Crippen MR) is 57.3 cm³/mol. The molecule has 0 saturated carbocycles. The van der Waals surface area contributed by atoms with E-state index in [2.05, 4.69) is 14.9 Å². The van der Waals surface area contributed by atoms with Crippen LogP contribution in [-0.2, 0) is 9.53 Å². The lowest BCUT2D eigenvalue weighted by atomic mass is 10.4. The van der Waals surface area contributed by atoms with Gasteiger partial charge in [0, 0.05) is 13.1 Å². The number of carbonyl (C=O) groups is 1. The van der Waals surface area contributed by atoms with Crippen molar-refractivity contribution in [2.45, 2.75) is 0 Å². The third kappa shape index (κ3) is 3.21. The largest absolute Gasteiger partial charge is 0.468 e. The van der Waals surface area contributed by atoms with E-state index in [1.165, 1.54) is 13.2 Å².